The van der Waals surface area contributed by atoms with Crippen molar-refractivity contribution in [3.63, 3.8) is 0 Å². The molecule has 1 aromatic heterocycles. The summed E-state index contributed by atoms with van der Waals surface area (Å²) < 4.78 is 2.02. The maximum Gasteiger partial charge on any atom is 0.273 e. The van der Waals surface area contributed by atoms with Crippen LogP contribution in [-0.4, -0.2) is 14.8 Å². The largest absolute Gasteiger partial charge is 0.328 e. The summed E-state index contributed by atoms with van der Waals surface area (Å²) in [5.74, 6) is 0. The molecule has 0 radical (unpaired) electrons. The van der Waals surface area contributed by atoms with Crippen LogP contribution in [-0.2, 0) is 6.54 Å². The van der Waals surface area contributed by atoms with Gasteiger partial charge in [-0.15, -0.1) is 0 Å². The minimum atomic E-state index is -0.146. The maximum atomic E-state index is 11.2. The Morgan fingerprint density at radius 3 is 3.19 bits per heavy atom. The first-order valence-corrected chi connectivity index (χ1v) is 6.58. The summed E-state index contributed by atoms with van der Waals surface area (Å²) in [6.07, 6.45) is 9.86. The van der Waals surface area contributed by atoms with E-state index in [1.165, 1.54) is 25.3 Å². The van der Waals surface area contributed by atoms with E-state index in [1.807, 2.05) is 10.8 Å². The first-order chi connectivity index (χ1) is 7.79. The molecular formula is C12H16N2OS. The number of thioether (sulfide) groups is 1. The molecule has 0 spiro atoms. The zero-order valence-electron chi connectivity index (χ0n) is 9.43. The molecule has 0 saturated heterocycles. The van der Waals surface area contributed by atoms with Crippen LogP contribution in [0, 0.1) is 0 Å². The molecule has 0 fully saturated rings. The van der Waals surface area contributed by atoms with Gasteiger partial charge in [0, 0.05) is 24.1 Å². The van der Waals surface area contributed by atoms with Crippen molar-refractivity contribution in [2.75, 3.05) is 0 Å². The standard InChI is InChI=1S/C12H16N2OS/c1-2-14-9-8-11(15)13-12(14)16-10-6-4-3-5-7-10/h4,6,8-10H,2-3,5,7H2,1H3/t10-/m0/s1. The number of aryl methyl sites for hydroxylation is 1. The lowest BCUT2D eigenvalue weighted by Gasteiger charge is -2.17. The zero-order chi connectivity index (χ0) is 11.4. The minimum Gasteiger partial charge on any atom is -0.328 e. The van der Waals surface area contributed by atoms with Crippen LogP contribution in [0.3, 0.4) is 0 Å². The molecule has 1 atom stereocenters. The summed E-state index contributed by atoms with van der Waals surface area (Å²) in [6.45, 7) is 2.92. The molecule has 4 heteroatoms. The van der Waals surface area contributed by atoms with Crippen molar-refractivity contribution in [2.45, 2.75) is 43.1 Å². The Kier molecular flexibility index (Phi) is 3.83. The Morgan fingerprint density at radius 2 is 2.50 bits per heavy atom. The summed E-state index contributed by atoms with van der Waals surface area (Å²) in [6, 6.07) is 1.52. The molecule has 0 unspecified atom stereocenters. The summed E-state index contributed by atoms with van der Waals surface area (Å²) in [7, 11) is 0. The van der Waals surface area contributed by atoms with E-state index in [1.54, 1.807) is 11.8 Å². The number of aromatic nitrogens is 2. The van der Waals surface area contributed by atoms with Crippen molar-refractivity contribution < 1.29 is 0 Å². The van der Waals surface area contributed by atoms with E-state index in [2.05, 4.69) is 24.1 Å². The molecule has 0 N–H and O–H groups in total. The lowest BCUT2D eigenvalue weighted by Crippen LogP contribution is -2.14. The average molecular weight is 236 g/mol. The molecule has 2 rings (SSSR count). The third-order valence-corrected chi connectivity index (χ3v) is 3.89. The van der Waals surface area contributed by atoms with E-state index in [4.69, 9.17) is 0 Å². The fraction of sp³-hybridized carbons (Fsp3) is 0.500. The van der Waals surface area contributed by atoms with Crippen LogP contribution in [0.4, 0.5) is 0 Å². The minimum absolute atomic E-state index is 0.146. The highest BCUT2D eigenvalue weighted by Gasteiger charge is 2.12. The molecule has 86 valence electrons. The van der Waals surface area contributed by atoms with Crippen LogP contribution < -0.4 is 5.56 Å². The Balaban J connectivity index is 2.18. The van der Waals surface area contributed by atoms with Gasteiger partial charge in [0.1, 0.15) is 0 Å². The summed E-state index contributed by atoms with van der Waals surface area (Å²) in [5, 5.41) is 1.31. The second kappa shape index (κ2) is 5.34. The van der Waals surface area contributed by atoms with Gasteiger partial charge in [-0.25, -0.2) is 0 Å². The fourth-order valence-corrected chi connectivity index (χ4v) is 2.98. The lowest BCUT2D eigenvalue weighted by molar-refractivity contribution is 0.636. The van der Waals surface area contributed by atoms with Crippen molar-refractivity contribution in [1.29, 1.82) is 0 Å². The zero-order valence-corrected chi connectivity index (χ0v) is 10.2. The van der Waals surface area contributed by atoms with Crippen LogP contribution >= 0.6 is 11.8 Å². The van der Waals surface area contributed by atoms with Crippen LogP contribution in [0.25, 0.3) is 0 Å². The van der Waals surface area contributed by atoms with Crippen LogP contribution in [0.5, 0.6) is 0 Å². The Labute approximate surface area is 99.6 Å². The SMILES string of the molecule is CCn1ccc(=O)nc1S[C@H]1C=CCCC1. The van der Waals surface area contributed by atoms with Crippen LogP contribution in [0.1, 0.15) is 26.2 Å². The second-order valence-electron chi connectivity index (χ2n) is 3.85. The lowest BCUT2D eigenvalue weighted by atomic mass is 10.1. The van der Waals surface area contributed by atoms with Gasteiger partial charge >= 0.3 is 0 Å². The van der Waals surface area contributed by atoms with E-state index in [9.17, 15) is 4.79 Å². The quantitative estimate of drug-likeness (QED) is 0.597. The van der Waals surface area contributed by atoms with Gasteiger partial charge in [0.15, 0.2) is 5.16 Å². The van der Waals surface area contributed by atoms with Gasteiger partial charge in [-0.1, -0.05) is 23.9 Å². The third kappa shape index (κ3) is 2.76. The highest BCUT2D eigenvalue weighted by atomic mass is 32.2. The Morgan fingerprint density at radius 1 is 1.62 bits per heavy atom. The number of nitrogens with zero attached hydrogens (tertiary/aromatic N) is 2. The summed E-state index contributed by atoms with van der Waals surface area (Å²) >= 11 is 1.69. The molecule has 1 aliphatic rings. The van der Waals surface area contributed by atoms with Gasteiger partial charge in [0.25, 0.3) is 5.56 Å². The third-order valence-electron chi connectivity index (χ3n) is 2.66. The highest BCUT2D eigenvalue weighted by Crippen LogP contribution is 2.28. The molecule has 0 aromatic carbocycles. The topological polar surface area (TPSA) is 34.9 Å². The smallest absolute Gasteiger partial charge is 0.273 e. The first kappa shape index (κ1) is 11.5. The van der Waals surface area contributed by atoms with Gasteiger partial charge in [0.2, 0.25) is 0 Å². The van der Waals surface area contributed by atoms with Gasteiger partial charge in [-0.2, -0.15) is 4.98 Å². The molecular weight excluding hydrogens is 220 g/mol. The number of allylic oxidation sites excluding steroid dienone is 1. The van der Waals surface area contributed by atoms with Crippen molar-refractivity contribution >= 4 is 11.8 Å². The molecule has 1 aromatic rings. The molecule has 0 saturated carbocycles. The van der Waals surface area contributed by atoms with E-state index in [0.717, 1.165) is 11.7 Å². The van der Waals surface area contributed by atoms with E-state index < -0.39 is 0 Å². The molecule has 0 amide bonds. The van der Waals surface area contributed by atoms with Gasteiger partial charge < -0.3 is 4.57 Å². The number of rotatable bonds is 3. The van der Waals surface area contributed by atoms with Gasteiger partial charge in [-0.05, 0) is 26.2 Å². The monoisotopic (exact) mass is 236 g/mol. The van der Waals surface area contributed by atoms with E-state index in [-0.39, 0.29) is 5.56 Å². The maximum absolute atomic E-state index is 11.2. The van der Waals surface area contributed by atoms with Crippen molar-refractivity contribution in [1.82, 2.24) is 9.55 Å². The van der Waals surface area contributed by atoms with Gasteiger partial charge in [-0.3, -0.25) is 4.79 Å². The van der Waals surface area contributed by atoms with Crippen molar-refractivity contribution in [2.24, 2.45) is 0 Å². The van der Waals surface area contributed by atoms with E-state index in [0.29, 0.717) is 5.25 Å². The van der Waals surface area contributed by atoms with Crippen molar-refractivity contribution in [3.8, 4) is 0 Å². The predicted octanol–water partition coefficient (Wildman–Crippen LogP) is 2.46. The molecule has 3 nitrogen and oxygen atoms in total. The average Bonchev–Trinajstić information content (AvgIpc) is 2.31. The molecule has 0 bridgehead atoms. The number of hydrogen-bond acceptors (Lipinski definition) is 3. The van der Waals surface area contributed by atoms with Crippen LogP contribution in [0.15, 0.2) is 34.4 Å². The second-order valence-corrected chi connectivity index (χ2v) is 5.06. The van der Waals surface area contributed by atoms with Crippen LogP contribution in [0.2, 0.25) is 0 Å². The molecule has 0 aliphatic heterocycles. The number of hydrogen-bond donors (Lipinski definition) is 0. The highest BCUT2D eigenvalue weighted by molar-refractivity contribution is 7.99. The summed E-state index contributed by atoms with van der Waals surface area (Å²) in [4.78, 5) is 15.3. The Hall–Kier alpha value is -1.03. The summed E-state index contributed by atoms with van der Waals surface area (Å²) in [5.41, 5.74) is -0.146. The fourth-order valence-electron chi connectivity index (χ4n) is 1.76. The van der Waals surface area contributed by atoms with Gasteiger partial charge in [0.05, 0.1) is 0 Å². The van der Waals surface area contributed by atoms with Crippen molar-refractivity contribution in [3.05, 3.63) is 34.8 Å². The molecule has 1 aliphatic carbocycles. The van der Waals surface area contributed by atoms with E-state index >= 15 is 0 Å². The predicted molar refractivity (Wildman–Crippen MR) is 66.8 cm³/mol. The first-order valence-electron chi connectivity index (χ1n) is 5.70. The Bertz CT molecular complexity index is 439. The normalized spacial score (nSPS) is 19.9. The molecule has 16 heavy (non-hydrogen) atoms. The molecule has 1 heterocycles.